The molecule has 7 nitrogen and oxygen atoms in total. The summed E-state index contributed by atoms with van der Waals surface area (Å²) in [6.07, 6.45) is 4.03. The molecule has 1 saturated heterocycles. The molecule has 182 valence electrons. The maximum Gasteiger partial charge on any atom is 0.221 e. The molecule has 0 spiro atoms. The highest BCUT2D eigenvalue weighted by Crippen LogP contribution is 2.22. The third-order valence-electron chi connectivity index (χ3n) is 5.73. The lowest BCUT2D eigenvalue weighted by Gasteiger charge is -2.36. The molecular weight excluding hydrogens is 424 g/mol. The first-order valence-corrected chi connectivity index (χ1v) is 12.0. The molecule has 2 aromatic carbocycles. The van der Waals surface area contributed by atoms with Gasteiger partial charge in [-0.1, -0.05) is 37.1 Å². The highest BCUT2D eigenvalue weighted by molar-refractivity contribution is 5.96. The molecule has 0 amide bonds. The van der Waals surface area contributed by atoms with E-state index in [1.165, 1.54) is 11.3 Å². The van der Waals surface area contributed by atoms with Gasteiger partial charge >= 0.3 is 0 Å². The van der Waals surface area contributed by atoms with E-state index in [1.807, 2.05) is 31.2 Å². The number of hydrogen-bond donors (Lipinski definition) is 2. The number of aliphatic imine (C=N–C) groups is 2. The molecule has 0 bridgehead atoms. The van der Waals surface area contributed by atoms with Crippen LogP contribution in [0.2, 0.25) is 0 Å². The minimum absolute atomic E-state index is 0.273. The first-order chi connectivity index (χ1) is 16.5. The van der Waals surface area contributed by atoms with Crippen LogP contribution >= 0.6 is 0 Å². The van der Waals surface area contributed by atoms with Crippen LogP contribution in [0.1, 0.15) is 32.3 Å². The number of ether oxygens (including phenoxy) is 1. The van der Waals surface area contributed by atoms with E-state index in [1.54, 1.807) is 7.11 Å². The number of unbranched alkanes of at least 4 members (excludes halogenated alkanes) is 1. The maximum atomic E-state index is 6.20. The molecule has 34 heavy (non-hydrogen) atoms. The number of nitrogens with two attached hydrogens (primary N) is 1. The number of guanidine groups is 1. The Balaban J connectivity index is 1.57. The molecule has 7 heteroatoms. The van der Waals surface area contributed by atoms with Crippen molar-refractivity contribution < 1.29 is 4.74 Å². The standard InChI is InChI=1S/C27H38N6O/c1-5-6-10-26(30-23-13-11-21(2)12-14-23)31-27(28)29-22(3)20-32-15-17-33(18-16-32)24-8-7-9-25(19-24)34-4/h7-14,19,30H,5-6,15-18,20H2,1-4H3,(H2,28,31)/b26-10+,29-22+. The molecule has 2 aromatic rings. The van der Waals surface area contributed by atoms with Gasteiger partial charge < -0.3 is 20.7 Å². The zero-order valence-electron chi connectivity index (χ0n) is 20.9. The van der Waals surface area contributed by atoms with Crippen molar-refractivity contribution in [1.29, 1.82) is 0 Å². The highest BCUT2D eigenvalue weighted by Gasteiger charge is 2.18. The van der Waals surface area contributed by atoms with E-state index in [4.69, 9.17) is 10.5 Å². The van der Waals surface area contributed by atoms with Crippen molar-refractivity contribution in [2.24, 2.45) is 15.7 Å². The van der Waals surface area contributed by atoms with Gasteiger partial charge in [-0.2, -0.15) is 4.99 Å². The fourth-order valence-corrected chi connectivity index (χ4v) is 3.86. The summed E-state index contributed by atoms with van der Waals surface area (Å²) < 4.78 is 5.36. The van der Waals surface area contributed by atoms with E-state index in [-0.39, 0.29) is 5.96 Å². The summed E-state index contributed by atoms with van der Waals surface area (Å²) in [7, 11) is 1.70. The number of nitrogens with one attached hydrogen (secondary N) is 1. The van der Waals surface area contributed by atoms with Crippen LogP contribution in [0.5, 0.6) is 5.75 Å². The van der Waals surface area contributed by atoms with Crippen LogP contribution in [0.25, 0.3) is 0 Å². The van der Waals surface area contributed by atoms with E-state index >= 15 is 0 Å². The third kappa shape index (κ3) is 7.92. The van der Waals surface area contributed by atoms with Crippen molar-refractivity contribution in [3.05, 3.63) is 66.0 Å². The second-order valence-electron chi connectivity index (χ2n) is 8.65. The Bertz CT molecular complexity index is 1000. The summed E-state index contributed by atoms with van der Waals surface area (Å²) in [5.74, 6) is 1.89. The SMILES string of the molecule is CCC/C=C(/N=C(N)\N=C(/C)CN1CCN(c2cccc(OC)c2)CC1)Nc1ccc(C)cc1. The lowest BCUT2D eigenvalue weighted by molar-refractivity contribution is 0.291. The number of nitrogens with zero attached hydrogens (tertiary/aromatic N) is 4. The quantitative estimate of drug-likeness (QED) is 0.419. The van der Waals surface area contributed by atoms with Crippen LogP contribution in [0.15, 0.2) is 70.4 Å². The molecule has 0 aromatic heterocycles. The molecule has 1 aliphatic heterocycles. The summed E-state index contributed by atoms with van der Waals surface area (Å²) in [6.45, 7) is 10.9. The molecule has 0 unspecified atom stereocenters. The lowest BCUT2D eigenvalue weighted by atomic mass is 10.2. The Labute approximate surface area is 204 Å². The van der Waals surface area contributed by atoms with Crippen molar-refractivity contribution in [2.75, 3.05) is 50.1 Å². The average Bonchev–Trinajstić information content (AvgIpc) is 2.84. The molecule has 3 N–H and O–H groups in total. The normalized spacial score (nSPS) is 16.0. The topological polar surface area (TPSA) is 78.5 Å². The zero-order chi connectivity index (χ0) is 24.3. The Hall–Kier alpha value is -3.32. The Morgan fingerprint density at radius 2 is 1.82 bits per heavy atom. The number of aryl methyl sites for hydroxylation is 1. The van der Waals surface area contributed by atoms with Gasteiger partial charge in [0.2, 0.25) is 5.96 Å². The Morgan fingerprint density at radius 1 is 1.09 bits per heavy atom. The molecule has 1 heterocycles. The van der Waals surface area contributed by atoms with Gasteiger partial charge in [-0.25, -0.2) is 4.99 Å². The molecule has 0 saturated carbocycles. The second kappa shape index (κ2) is 12.8. The van der Waals surface area contributed by atoms with Crippen molar-refractivity contribution in [3.8, 4) is 5.75 Å². The summed E-state index contributed by atoms with van der Waals surface area (Å²) >= 11 is 0. The predicted octanol–water partition coefficient (Wildman–Crippen LogP) is 4.65. The van der Waals surface area contributed by atoms with Crippen LogP contribution in [0.4, 0.5) is 11.4 Å². The van der Waals surface area contributed by atoms with Gasteiger partial charge in [-0.05, 0) is 50.6 Å². The van der Waals surface area contributed by atoms with E-state index in [2.05, 4.69) is 69.3 Å². The van der Waals surface area contributed by atoms with Crippen LogP contribution < -0.4 is 20.7 Å². The van der Waals surface area contributed by atoms with Crippen LogP contribution in [-0.2, 0) is 0 Å². The van der Waals surface area contributed by atoms with Crippen molar-refractivity contribution in [1.82, 2.24) is 4.90 Å². The van der Waals surface area contributed by atoms with Crippen molar-refractivity contribution in [2.45, 2.75) is 33.6 Å². The highest BCUT2D eigenvalue weighted by atomic mass is 16.5. The number of anilines is 2. The first-order valence-electron chi connectivity index (χ1n) is 12.0. The third-order valence-corrected chi connectivity index (χ3v) is 5.73. The molecule has 0 atom stereocenters. The van der Waals surface area contributed by atoms with Gasteiger partial charge in [0.1, 0.15) is 11.6 Å². The van der Waals surface area contributed by atoms with E-state index in [9.17, 15) is 0 Å². The summed E-state index contributed by atoms with van der Waals surface area (Å²) in [4.78, 5) is 13.9. The molecule has 0 aliphatic carbocycles. The summed E-state index contributed by atoms with van der Waals surface area (Å²) in [6, 6.07) is 16.5. The Kier molecular flexibility index (Phi) is 9.52. The molecule has 1 fully saturated rings. The van der Waals surface area contributed by atoms with Gasteiger partial charge in [0.05, 0.1) is 7.11 Å². The number of allylic oxidation sites excluding steroid dienone is 1. The number of rotatable bonds is 9. The van der Waals surface area contributed by atoms with E-state index < -0.39 is 0 Å². The van der Waals surface area contributed by atoms with Gasteiger partial charge in [0.25, 0.3) is 0 Å². The largest absolute Gasteiger partial charge is 0.497 e. The zero-order valence-corrected chi connectivity index (χ0v) is 20.9. The van der Waals surface area contributed by atoms with Crippen LogP contribution in [-0.4, -0.2) is 56.4 Å². The number of hydrogen-bond acceptors (Lipinski definition) is 5. The van der Waals surface area contributed by atoms with Crippen molar-refractivity contribution >= 4 is 23.0 Å². The van der Waals surface area contributed by atoms with Crippen LogP contribution in [0, 0.1) is 6.92 Å². The predicted molar refractivity (Wildman–Crippen MR) is 144 cm³/mol. The minimum Gasteiger partial charge on any atom is -0.497 e. The van der Waals surface area contributed by atoms with Crippen molar-refractivity contribution in [3.63, 3.8) is 0 Å². The second-order valence-corrected chi connectivity index (χ2v) is 8.65. The van der Waals surface area contributed by atoms with E-state index in [0.717, 1.165) is 68.5 Å². The number of benzene rings is 2. The fourth-order valence-electron chi connectivity index (χ4n) is 3.86. The van der Waals surface area contributed by atoms with Crippen LogP contribution in [0.3, 0.4) is 0 Å². The smallest absolute Gasteiger partial charge is 0.221 e. The molecule has 3 rings (SSSR count). The van der Waals surface area contributed by atoms with E-state index in [0.29, 0.717) is 0 Å². The fraction of sp³-hybridized carbons (Fsp3) is 0.407. The number of piperazine rings is 1. The summed E-state index contributed by atoms with van der Waals surface area (Å²) in [5.41, 5.74) is 10.6. The van der Waals surface area contributed by atoms with Gasteiger partial charge in [-0.15, -0.1) is 0 Å². The minimum atomic E-state index is 0.273. The average molecular weight is 463 g/mol. The Morgan fingerprint density at radius 3 is 2.50 bits per heavy atom. The lowest BCUT2D eigenvalue weighted by Crippen LogP contribution is -2.47. The van der Waals surface area contributed by atoms with Gasteiger partial charge in [0, 0.05) is 55.9 Å². The van der Waals surface area contributed by atoms with Gasteiger partial charge in [-0.3, -0.25) is 4.90 Å². The molecule has 1 aliphatic rings. The monoisotopic (exact) mass is 462 g/mol. The first kappa shape index (κ1) is 25.3. The summed E-state index contributed by atoms with van der Waals surface area (Å²) in [5, 5.41) is 3.35. The maximum absolute atomic E-state index is 6.20. The van der Waals surface area contributed by atoms with Gasteiger partial charge in [0.15, 0.2) is 0 Å². The molecular formula is C27H38N6O. The molecule has 0 radical (unpaired) electrons. The number of methoxy groups -OCH3 is 1.